The summed E-state index contributed by atoms with van der Waals surface area (Å²) in [6.45, 7) is 1.02. The normalized spacial score (nSPS) is 20.7. The fourth-order valence-corrected chi connectivity index (χ4v) is 1.81. The number of nitrogens with one attached hydrogen (secondary N) is 1. The first-order valence-electron chi connectivity index (χ1n) is 4.61. The molecule has 0 spiro atoms. The van der Waals surface area contributed by atoms with Crippen LogP contribution in [0.5, 0.6) is 0 Å². The summed E-state index contributed by atoms with van der Waals surface area (Å²) in [5.74, 6) is 0. The van der Waals surface area contributed by atoms with Crippen LogP contribution in [0.25, 0.3) is 0 Å². The van der Waals surface area contributed by atoms with E-state index in [0.29, 0.717) is 16.8 Å². The smallest absolute Gasteiger partial charge is 0.159 e. The highest BCUT2D eigenvalue weighted by molar-refractivity contribution is 6.31. The zero-order chi connectivity index (χ0) is 9.97. The van der Waals surface area contributed by atoms with Gasteiger partial charge in [-0.1, -0.05) is 11.6 Å². The molecule has 72 valence electrons. The number of nitriles is 1. The number of pyridine rings is 1. The van der Waals surface area contributed by atoms with E-state index in [9.17, 15) is 0 Å². The summed E-state index contributed by atoms with van der Waals surface area (Å²) in [6.07, 6.45) is 2.25. The van der Waals surface area contributed by atoms with Crippen LogP contribution in [0, 0.1) is 11.3 Å². The maximum Gasteiger partial charge on any atom is 0.159 e. The molecule has 4 heteroatoms. The van der Waals surface area contributed by atoms with Gasteiger partial charge in [0.2, 0.25) is 0 Å². The number of halogens is 1. The number of nitrogens with zero attached hydrogens (tertiary/aromatic N) is 2. The van der Waals surface area contributed by atoms with Crippen molar-refractivity contribution in [3.63, 3.8) is 0 Å². The molecular weight excluding hydrogens is 198 g/mol. The molecule has 1 atom stereocenters. The van der Waals surface area contributed by atoms with Crippen LogP contribution in [-0.2, 0) is 0 Å². The molecule has 1 unspecified atom stereocenters. The molecule has 0 aliphatic carbocycles. The van der Waals surface area contributed by atoms with Crippen LogP contribution in [-0.4, -0.2) is 11.5 Å². The Hall–Kier alpha value is -1.11. The topological polar surface area (TPSA) is 48.7 Å². The van der Waals surface area contributed by atoms with Crippen molar-refractivity contribution in [2.24, 2.45) is 0 Å². The summed E-state index contributed by atoms with van der Waals surface area (Å²) in [6, 6.07) is 5.90. The molecule has 14 heavy (non-hydrogen) atoms. The van der Waals surface area contributed by atoms with Gasteiger partial charge in [-0.2, -0.15) is 5.26 Å². The zero-order valence-corrected chi connectivity index (χ0v) is 8.38. The van der Waals surface area contributed by atoms with Gasteiger partial charge in [0.15, 0.2) is 5.69 Å². The lowest BCUT2D eigenvalue weighted by molar-refractivity contribution is 0.627. The average Bonchev–Trinajstić information content (AvgIpc) is 2.71. The van der Waals surface area contributed by atoms with Crippen molar-refractivity contribution >= 4 is 11.6 Å². The molecule has 2 heterocycles. The lowest BCUT2D eigenvalue weighted by Crippen LogP contribution is -2.14. The molecule has 1 aromatic rings. The van der Waals surface area contributed by atoms with Crippen LogP contribution in [0.4, 0.5) is 0 Å². The van der Waals surface area contributed by atoms with Gasteiger partial charge in [-0.15, -0.1) is 0 Å². The largest absolute Gasteiger partial charge is 0.309 e. The van der Waals surface area contributed by atoms with E-state index in [1.54, 1.807) is 6.07 Å². The van der Waals surface area contributed by atoms with E-state index < -0.39 is 0 Å². The Kier molecular flexibility index (Phi) is 2.67. The zero-order valence-electron chi connectivity index (χ0n) is 7.63. The van der Waals surface area contributed by atoms with E-state index in [0.717, 1.165) is 25.1 Å². The molecule has 1 N–H and O–H groups in total. The highest BCUT2D eigenvalue weighted by atomic mass is 35.5. The summed E-state index contributed by atoms with van der Waals surface area (Å²) < 4.78 is 0. The molecule has 2 rings (SSSR count). The van der Waals surface area contributed by atoms with Crippen molar-refractivity contribution in [3.8, 4) is 6.07 Å². The number of aromatic nitrogens is 1. The van der Waals surface area contributed by atoms with E-state index in [1.807, 2.05) is 12.1 Å². The van der Waals surface area contributed by atoms with Crippen molar-refractivity contribution in [3.05, 3.63) is 28.5 Å². The third-order valence-electron chi connectivity index (χ3n) is 2.39. The Morgan fingerprint density at radius 1 is 1.57 bits per heavy atom. The predicted molar refractivity (Wildman–Crippen MR) is 53.9 cm³/mol. The highest BCUT2D eigenvalue weighted by Gasteiger charge is 2.18. The maximum atomic E-state index is 8.77. The standard InChI is InChI=1S/C10H10ClN3/c11-7-3-4-9(14-10(7)6-12)8-2-1-5-13-8/h3-4,8,13H,1-2,5H2. The van der Waals surface area contributed by atoms with Gasteiger partial charge in [-0.3, -0.25) is 0 Å². The van der Waals surface area contributed by atoms with Gasteiger partial charge in [0.25, 0.3) is 0 Å². The van der Waals surface area contributed by atoms with E-state index in [4.69, 9.17) is 16.9 Å². The lowest BCUT2D eigenvalue weighted by atomic mass is 10.1. The van der Waals surface area contributed by atoms with Crippen LogP contribution >= 0.6 is 11.6 Å². The second-order valence-corrected chi connectivity index (χ2v) is 3.73. The summed E-state index contributed by atoms with van der Waals surface area (Å²) in [5.41, 5.74) is 1.24. The van der Waals surface area contributed by atoms with E-state index >= 15 is 0 Å². The van der Waals surface area contributed by atoms with E-state index in [-0.39, 0.29) is 0 Å². The van der Waals surface area contributed by atoms with Crippen LogP contribution < -0.4 is 5.32 Å². The molecule has 1 fully saturated rings. The minimum absolute atomic E-state index is 0.291. The van der Waals surface area contributed by atoms with Crippen LogP contribution in [0.1, 0.15) is 30.3 Å². The third kappa shape index (κ3) is 1.72. The summed E-state index contributed by atoms with van der Waals surface area (Å²) in [7, 11) is 0. The Morgan fingerprint density at radius 3 is 3.07 bits per heavy atom. The fourth-order valence-electron chi connectivity index (χ4n) is 1.67. The number of rotatable bonds is 1. The van der Waals surface area contributed by atoms with Gasteiger partial charge in [0.1, 0.15) is 6.07 Å². The van der Waals surface area contributed by atoms with Gasteiger partial charge in [-0.05, 0) is 31.5 Å². The second-order valence-electron chi connectivity index (χ2n) is 3.33. The molecule has 1 saturated heterocycles. The Bertz CT molecular complexity index is 377. The Balaban J connectivity index is 2.31. The van der Waals surface area contributed by atoms with Crippen molar-refractivity contribution in [1.82, 2.24) is 10.3 Å². The summed E-state index contributed by atoms with van der Waals surface area (Å²) in [4.78, 5) is 4.22. The van der Waals surface area contributed by atoms with Gasteiger partial charge in [0, 0.05) is 6.04 Å². The van der Waals surface area contributed by atoms with Gasteiger partial charge >= 0.3 is 0 Å². The minimum atomic E-state index is 0.291. The van der Waals surface area contributed by atoms with Crippen LogP contribution in [0.3, 0.4) is 0 Å². The molecule has 1 aromatic heterocycles. The minimum Gasteiger partial charge on any atom is -0.309 e. The van der Waals surface area contributed by atoms with E-state index in [1.165, 1.54) is 0 Å². The predicted octanol–water partition coefficient (Wildman–Crippen LogP) is 2.03. The van der Waals surface area contributed by atoms with Crippen LogP contribution in [0.15, 0.2) is 12.1 Å². The van der Waals surface area contributed by atoms with Crippen molar-refractivity contribution < 1.29 is 0 Å². The van der Waals surface area contributed by atoms with E-state index in [2.05, 4.69) is 10.3 Å². The monoisotopic (exact) mass is 207 g/mol. The molecule has 1 aliphatic rings. The first-order valence-corrected chi connectivity index (χ1v) is 4.99. The average molecular weight is 208 g/mol. The summed E-state index contributed by atoms with van der Waals surface area (Å²) >= 11 is 5.80. The lowest BCUT2D eigenvalue weighted by Gasteiger charge is -2.09. The highest BCUT2D eigenvalue weighted by Crippen LogP contribution is 2.23. The molecule has 0 amide bonds. The first-order chi connectivity index (χ1) is 6.81. The SMILES string of the molecule is N#Cc1nc(C2CCCN2)ccc1Cl. The quantitative estimate of drug-likeness (QED) is 0.767. The first kappa shape index (κ1) is 9.45. The molecule has 0 radical (unpaired) electrons. The summed E-state index contributed by atoms with van der Waals surface area (Å²) in [5, 5.41) is 12.5. The molecule has 3 nitrogen and oxygen atoms in total. The molecule has 1 aliphatic heterocycles. The third-order valence-corrected chi connectivity index (χ3v) is 2.70. The van der Waals surface area contributed by atoms with Gasteiger partial charge in [0.05, 0.1) is 10.7 Å². The van der Waals surface area contributed by atoms with Crippen LogP contribution in [0.2, 0.25) is 5.02 Å². The van der Waals surface area contributed by atoms with Crippen molar-refractivity contribution in [1.29, 1.82) is 5.26 Å². The van der Waals surface area contributed by atoms with Gasteiger partial charge < -0.3 is 5.32 Å². The molecule has 0 bridgehead atoms. The maximum absolute atomic E-state index is 8.77. The fraction of sp³-hybridized carbons (Fsp3) is 0.400. The Morgan fingerprint density at radius 2 is 2.43 bits per heavy atom. The van der Waals surface area contributed by atoms with Crippen molar-refractivity contribution in [2.75, 3.05) is 6.54 Å². The Labute approximate surface area is 87.7 Å². The number of hydrogen-bond acceptors (Lipinski definition) is 3. The molecule has 0 aromatic carbocycles. The second kappa shape index (κ2) is 3.95. The molecule has 0 saturated carbocycles. The van der Waals surface area contributed by atoms with Gasteiger partial charge in [-0.25, -0.2) is 4.98 Å². The number of hydrogen-bond donors (Lipinski definition) is 1. The van der Waals surface area contributed by atoms with Crippen molar-refractivity contribution in [2.45, 2.75) is 18.9 Å². The molecular formula is C10H10ClN3.